The molecule has 0 unspecified atom stereocenters. The summed E-state index contributed by atoms with van der Waals surface area (Å²) in [7, 11) is 0. The Balaban J connectivity index is 1.50. The number of nitrogens with zero attached hydrogens (tertiary/aromatic N) is 2. The summed E-state index contributed by atoms with van der Waals surface area (Å²) in [6.45, 7) is 6.77. The fourth-order valence-electron chi connectivity index (χ4n) is 3.43. The van der Waals surface area contributed by atoms with Gasteiger partial charge in [0, 0.05) is 43.3 Å². The molecular formula is C21H28N4O5. The number of hydrogen-bond acceptors (Lipinski definition) is 5. The van der Waals surface area contributed by atoms with Gasteiger partial charge in [0.15, 0.2) is 0 Å². The first-order valence-corrected chi connectivity index (χ1v) is 10.1. The van der Waals surface area contributed by atoms with Crippen LogP contribution in [0.5, 0.6) is 0 Å². The van der Waals surface area contributed by atoms with E-state index < -0.39 is 11.6 Å². The van der Waals surface area contributed by atoms with Crippen molar-refractivity contribution in [2.24, 2.45) is 5.92 Å². The van der Waals surface area contributed by atoms with E-state index in [1.54, 1.807) is 29.2 Å². The van der Waals surface area contributed by atoms with Crippen molar-refractivity contribution < 1.29 is 23.9 Å². The summed E-state index contributed by atoms with van der Waals surface area (Å²) in [4.78, 5) is 51.0. The Hall–Kier alpha value is -3.10. The van der Waals surface area contributed by atoms with Crippen molar-refractivity contribution in [2.45, 2.75) is 45.6 Å². The predicted molar refractivity (Wildman–Crippen MR) is 111 cm³/mol. The zero-order chi connectivity index (χ0) is 21.9. The second-order valence-corrected chi connectivity index (χ2v) is 8.53. The monoisotopic (exact) mass is 416 g/mol. The fraction of sp³-hybridized carbons (Fsp3) is 0.524. The Morgan fingerprint density at radius 1 is 1.07 bits per heavy atom. The van der Waals surface area contributed by atoms with Crippen molar-refractivity contribution >= 4 is 35.3 Å². The molecule has 0 spiro atoms. The van der Waals surface area contributed by atoms with Crippen LogP contribution in [0.15, 0.2) is 24.3 Å². The van der Waals surface area contributed by atoms with Gasteiger partial charge in [0.25, 0.3) is 0 Å². The SMILES string of the molecule is CC(C)(C)OC(=O)N1CCC(C(=O)Nc2ccc(N3CCC(=O)NC3=O)cc2)CC1. The third kappa shape index (κ3) is 5.49. The Bertz CT molecular complexity index is 823. The van der Waals surface area contributed by atoms with E-state index in [1.165, 1.54) is 4.90 Å². The van der Waals surface area contributed by atoms with Crippen molar-refractivity contribution in [3.8, 4) is 0 Å². The van der Waals surface area contributed by atoms with Crippen LogP contribution < -0.4 is 15.5 Å². The molecule has 0 radical (unpaired) electrons. The van der Waals surface area contributed by atoms with Crippen LogP contribution in [0.25, 0.3) is 0 Å². The second-order valence-electron chi connectivity index (χ2n) is 8.53. The van der Waals surface area contributed by atoms with Crippen LogP contribution in [-0.2, 0) is 14.3 Å². The molecule has 1 aromatic rings. The van der Waals surface area contributed by atoms with E-state index in [9.17, 15) is 19.2 Å². The molecule has 0 bridgehead atoms. The third-order valence-electron chi connectivity index (χ3n) is 5.02. The highest BCUT2D eigenvalue weighted by atomic mass is 16.6. The van der Waals surface area contributed by atoms with E-state index in [0.717, 1.165) is 0 Å². The first-order valence-electron chi connectivity index (χ1n) is 10.1. The first-order chi connectivity index (χ1) is 14.1. The number of rotatable bonds is 3. The minimum atomic E-state index is -0.540. The first kappa shape index (κ1) is 21.6. The lowest BCUT2D eigenvalue weighted by Crippen LogP contribution is -2.49. The van der Waals surface area contributed by atoms with Crippen molar-refractivity contribution in [2.75, 3.05) is 29.9 Å². The number of carbonyl (C=O) groups is 4. The number of urea groups is 1. The van der Waals surface area contributed by atoms with Gasteiger partial charge in [-0.15, -0.1) is 0 Å². The van der Waals surface area contributed by atoms with Gasteiger partial charge in [-0.2, -0.15) is 0 Å². The maximum absolute atomic E-state index is 12.6. The Labute approximate surface area is 175 Å². The lowest BCUT2D eigenvalue weighted by Gasteiger charge is -2.33. The number of nitrogens with one attached hydrogen (secondary N) is 2. The topological polar surface area (TPSA) is 108 Å². The highest BCUT2D eigenvalue weighted by Gasteiger charge is 2.30. The van der Waals surface area contributed by atoms with Crippen molar-refractivity contribution in [1.29, 1.82) is 0 Å². The number of anilines is 2. The van der Waals surface area contributed by atoms with Crippen LogP contribution in [0.3, 0.4) is 0 Å². The van der Waals surface area contributed by atoms with Gasteiger partial charge in [0.1, 0.15) is 5.60 Å². The van der Waals surface area contributed by atoms with Gasteiger partial charge >= 0.3 is 12.1 Å². The van der Waals surface area contributed by atoms with Gasteiger partial charge in [-0.1, -0.05) is 0 Å². The highest BCUT2D eigenvalue weighted by molar-refractivity contribution is 6.05. The number of benzene rings is 1. The number of carbonyl (C=O) groups excluding carboxylic acids is 4. The zero-order valence-electron chi connectivity index (χ0n) is 17.6. The maximum atomic E-state index is 12.6. The molecule has 2 aliphatic rings. The molecule has 3 rings (SSSR count). The van der Waals surface area contributed by atoms with Crippen molar-refractivity contribution in [1.82, 2.24) is 10.2 Å². The molecule has 2 fully saturated rings. The molecule has 2 heterocycles. The van der Waals surface area contributed by atoms with Gasteiger partial charge in [0.05, 0.1) is 0 Å². The largest absolute Gasteiger partial charge is 0.444 e. The average molecular weight is 416 g/mol. The van der Waals surface area contributed by atoms with Crippen LogP contribution in [0.1, 0.15) is 40.0 Å². The molecular weight excluding hydrogens is 388 g/mol. The average Bonchev–Trinajstić information content (AvgIpc) is 2.67. The molecule has 5 amide bonds. The molecule has 30 heavy (non-hydrogen) atoms. The van der Waals surface area contributed by atoms with E-state index in [4.69, 9.17) is 4.74 Å². The van der Waals surface area contributed by atoms with Crippen LogP contribution in [0, 0.1) is 5.92 Å². The quantitative estimate of drug-likeness (QED) is 0.788. The van der Waals surface area contributed by atoms with E-state index in [0.29, 0.717) is 43.9 Å². The number of likely N-dealkylation sites (tertiary alicyclic amines) is 1. The molecule has 162 valence electrons. The molecule has 0 saturated carbocycles. The molecule has 1 aromatic carbocycles. The summed E-state index contributed by atoms with van der Waals surface area (Å²) in [6, 6.07) is 6.48. The molecule has 9 heteroatoms. The van der Waals surface area contributed by atoms with Gasteiger partial charge in [0.2, 0.25) is 11.8 Å². The van der Waals surface area contributed by atoms with E-state index in [2.05, 4.69) is 10.6 Å². The lowest BCUT2D eigenvalue weighted by molar-refractivity contribution is -0.121. The number of imide groups is 1. The Kier molecular flexibility index (Phi) is 6.28. The molecule has 0 atom stereocenters. The second kappa shape index (κ2) is 8.73. The number of hydrogen-bond donors (Lipinski definition) is 2. The Morgan fingerprint density at radius 2 is 1.70 bits per heavy atom. The van der Waals surface area contributed by atoms with Crippen LogP contribution in [0.4, 0.5) is 21.0 Å². The molecule has 2 aliphatic heterocycles. The van der Waals surface area contributed by atoms with Crippen LogP contribution in [-0.4, -0.2) is 54.1 Å². The summed E-state index contributed by atoms with van der Waals surface area (Å²) in [5, 5.41) is 5.18. The fourth-order valence-corrected chi connectivity index (χ4v) is 3.43. The normalized spacial score (nSPS) is 18.1. The minimum Gasteiger partial charge on any atom is -0.444 e. The lowest BCUT2D eigenvalue weighted by atomic mass is 9.96. The van der Waals surface area contributed by atoms with Gasteiger partial charge in [-0.3, -0.25) is 19.8 Å². The molecule has 0 aromatic heterocycles. The van der Waals surface area contributed by atoms with Crippen molar-refractivity contribution in [3.05, 3.63) is 24.3 Å². The number of amides is 5. The van der Waals surface area contributed by atoms with Crippen LogP contribution >= 0.6 is 0 Å². The third-order valence-corrected chi connectivity index (χ3v) is 5.02. The summed E-state index contributed by atoms with van der Waals surface area (Å²) < 4.78 is 5.38. The minimum absolute atomic E-state index is 0.0899. The molecule has 2 N–H and O–H groups in total. The van der Waals surface area contributed by atoms with Gasteiger partial charge in [-0.25, -0.2) is 9.59 Å². The van der Waals surface area contributed by atoms with E-state index >= 15 is 0 Å². The van der Waals surface area contributed by atoms with E-state index in [1.807, 2.05) is 20.8 Å². The predicted octanol–water partition coefficient (Wildman–Crippen LogP) is 2.72. The summed E-state index contributed by atoms with van der Waals surface area (Å²) in [6.07, 6.45) is 1.06. The van der Waals surface area contributed by atoms with Gasteiger partial charge < -0.3 is 15.0 Å². The molecule has 9 nitrogen and oxygen atoms in total. The van der Waals surface area contributed by atoms with Gasteiger partial charge in [-0.05, 0) is 57.9 Å². The van der Waals surface area contributed by atoms with Crippen molar-refractivity contribution in [3.63, 3.8) is 0 Å². The maximum Gasteiger partial charge on any atom is 0.410 e. The molecule has 0 aliphatic carbocycles. The highest BCUT2D eigenvalue weighted by Crippen LogP contribution is 2.23. The number of ether oxygens (including phenoxy) is 1. The standard InChI is InChI=1S/C21H28N4O5/c1-21(2,3)30-20(29)24-11-8-14(9-12-24)18(27)22-15-4-6-16(7-5-15)25-13-10-17(26)23-19(25)28/h4-7,14H,8-13H2,1-3H3,(H,22,27)(H,23,26,28). The van der Waals surface area contributed by atoms with E-state index in [-0.39, 0.29) is 30.2 Å². The summed E-state index contributed by atoms with van der Waals surface area (Å²) in [5.74, 6) is -0.548. The summed E-state index contributed by atoms with van der Waals surface area (Å²) >= 11 is 0. The smallest absolute Gasteiger partial charge is 0.410 e. The Morgan fingerprint density at radius 3 is 2.27 bits per heavy atom. The van der Waals surface area contributed by atoms with Crippen LogP contribution in [0.2, 0.25) is 0 Å². The summed E-state index contributed by atoms with van der Waals surface area (Å²) in [5.41, 5.74) is 0.748. The number of piperidine rings is 1. The molecule has 2 saturated heterocycles. The zero-order valence-corrected chi connectivity index (χ0v) is 17.6.